The largest absolute Gasteiger partial charge is 0.468 e. The quantitative estimate of drug-likeness (QED) is 0.592. The van der Waals surface area contributed by atoms with Gasteiger partial charge in [-0.1, -0.05) is 25.6 Å². The molecule has 1 aromatic heterocycles. The molecule has 16 heavy (non-hydrogen) atoms. The van der Waals surface area contributed by atoms with Crippen LogP contribution in [-0.4, -0.2) is 14.7 Å². The molecule has 1 rings (SSSR count). The highest BCUT2D eigenvalue weighted by Crippen LogP contribution is 2.24. The third-order valence-electron chi connectivity index (χ3n) is 2.45. The zero-order chi connectivity index (χ0) is 12.4. The fourth-order valence-corrected chi connectivity index (χ4v) is 2.36. The number of hydrogen-bond acceptors (Lipinski definition) is 2. The fraction of sp³-hybridized carbons (Fsp3) is 0.538. The molecule has 0 aliphatic rings. The summed E-state index contributed by atoms with van der Waals surface area (Å²) in [7, 11) is -1.39. The van der Waals surface area contributed by atoms with Crippen molar-refractivity contribution in [1.82, 2.24) is 0 Å². The van der Waals surface area contributed by atoms with Crippen LogP contribution < -0.4 is 5.38 Å². The van der Waals surface area contributed by atoms with Gasteiger partial charge in [0.25, 0.3) is 0 Å². The lowest BCUT2D eigenvalue weighted by atomic mass is 10.1. The summed E-state index contributed by atoms with van der Waals surface area (Å²) in [5.41, 5.74) is -0.454. The first kappa shape index (κ1) is 13.1. The van der Waals surface area contributed by atoms with E-state index < -0.39 is 13.7 Å². The molecule has 0 fully saturated rings. The van der Waals surface area contributed by atoms with Crippen LogP contribution in [0.2, 0.25) is 19.6 Å². The summed E-state index contributed by atoms with van der Waals surface area (Å²) < 4.78 is 11.5. The molecular weight excluding hydrogens is 216 g/mol. The van der Waals surface area contributed by atoms with Crippen LogP contribution in [0.1, 0.15) is 19.6 Å². The highest BCUT2D eigenvalue weighted by Gasteiger charge is 2.28. The predicted molar refractivity (Wildman–Crippen MR) is 69.5 cm³/mol. The van der Waals surface area contributed by atoms with Crippen molar-refractivity contribution in [2.75, 3.05) is 6.61 Å². The van der Waals surface area contributed by atoms with Crippen molar-refractivity contribution in [1.29, 1.82) is 0 Å². The second-order valence-electron chi connectivity index (χ2n) is 5.42. The summed E-state index contributed by atoms with van der Waals surface area (Å²) in [6, 6.07) is 4.05. The van der Waals surface area contributed by atoms with Gasteiger partial charge in [0.15, 0.2) is 0 Å². The minimum atomic E-state index is -1.39. The lowest BCUT2D eigenvalue weighted by Gasteiger charge is -2.22. The normalized spacial score (nSPS) is 12.5. The standard InChI is InChI=1S/C13H20O2Si/c1-7-10-14-13(2,3)11-8-9-12(15-11)16(4,5)6/h1,8-9H,10H2,2-6H3. The van der Waals surface area contributed by atoms with Crippen LogP contribution in [0.15, 0.2) is 16.5 Å². The molecule has 88 valence electrons. The Hall–Kier alpha value is -0.983. The van der Waals surface area contributed by atoms with Crippen molar-refractivity contribution in [2.24, 2.45) is 0 Å². The molecule has 2 nitrogen and oxygen atoms in total. The Morgan fingerprint density at radius 1 is 1.38 bits per heavy atom. The Balaban J connectivity index is 2.90. The van der Waals surface area contributed by atoms with Gasteiger partial charge in [-0.3, -0.25) is 0 Å². The van der Waals surface area contributed by atoms with E-state index >= 15 is 0 Å². The van der Waals surface area contributed by atoms with Gasteiger partial charge >= 0.3 is 0 Å². The second-order valence-corrected chi connectivity index (χ2v) is 10.4. The summed E-state index contributed by atoms with van der Waals surface area (Å²) in [6.07, 6.45) is 5.19. The van der Waals surface area contributed by atoms with Crippen molar-refractivity contribution in [3.8, 4) is 12.3 Å². The molecule has 0 bridgehead atoms. The summed E-state index contributed by atoms with van der Waals surface area (Å²) in [5, 5.41) is 1.10. The van der Waals surface area contributed by atoms with E-state index in [1.165, 1.54) is 0 Å². The number of terminal acetylenes is 1. The SMILES string of the molecule is C#CCOC(C)(C)c1ccc([Si](C)(C)C)o1. The Bertz CT molecular complexity index is 391. The fourth-order valence-electron chi connectivity index (χ4n) is 1.36. The molecule has 0 amide bonds. The van der Waals surface area contributed by atoms with Gasteiger partial charge in [0.1, 0.15) is 26.0 Å². The van der Waals surface area contributed by atoms with Crippen LogP contribution >= 0.6 is 0 Å². The lowest BCUT2D eigenvalue weighted by molar-refractivity contribution is -0.0176. The third kappa shape index (κ3) is 3.00. The van der Waals surface area contributed by atoms with Gasteiger partial charge in [-0.05, 0) is 26.0 Å². The molecule has 0 unspecified atom stereocenters. The maximum absolute atomic E-state index is 5.88. The van der Waals surface area contributed by atoms with Crippen LogP contribution in [0, 0.1) is 12.3 Å². The zero-order valence-corrected chi connectivity index (χ0v) is 11.8. The van der Waals surface area contributed by atoms with Crippen LogP contribution in [0.5, 0.6) is 0 Å². The number of furan rings is 1. The molecule has 3 heteroatoms. The van der Waals surface area contributed by atoms with Crippen molar-refractivity contribution >= 4 is 13.5 Å². The van der Waals surface area contributed by atoms with Crippen LogP contribution in [-0.2, 0) is 10.3 Å². The van der Waals surface area contributed by atoms with Crippen LogP contribution in [0.3, 0.4) is 0 Å². The van der Waals surface area contributed by atoms with Gasteiger partial charge in [-0.15, -0.1) is 6.42 Å². The molecule has 0 radical (unpaired) electrons. The first-order valence-electron chi connectivity index (χ1n) is 5.45. The highest BCUT2D eigenvalue weighted by atomic mass is 28.3. The Morgan fingerprint density at radius 3 is 2.44 bits per heavy atom. The number of hydrogen-bond donors (Lipinski definition) is 0. The molecule has 0 saturated carbocycles. The minimum Gasteiger partial charge on any atom is -0.468 e. The average molecular weight is 236 g/mol. The molecule has 0 aliphatic heterocycles. The first-order chi connectivity index (χ1) is 7.27. The van der Waals surface area contributed by atoms with Crippen molar-refractivity contribution in [3.63, 3.8) is 0 Å². The average Bonchev–Trinajstić information content (AvgIpc) is 2.63. The molecular formula is C13H20O2Si. The van der Waals surface area contributed by atoms with E-state index in [4.69, 9.17) is 15.6 Å². The van der Waals surface area contributed by atoms with Gasteiger partial charge in [-0.2, -0.15) is 0 Å². The van der Waals surface area contributed by atoms with E-state index in [1.54, 1.807) is 0 Å². The summed E-state index contributed by atoms with van der Waals surface area (Å²) >= 11 is 0. The number of rotatable bonds is 4. The zero-order valence-electron chi connectivity index (χ0n) is 10.8. The summed E-state index contributed by atoms with van der Waals surface area (Å²) in [4.78, 5) is 0. The molecule has 1 aromatic rings. The van der Waals surface area contributed by atoms with Gasteiger partial charge in [-0.25, -0.2) is 0 Å². The number of ether oxygens (including phenoxy) is 1. The minimum absolute atomic E-state index is 0.302. The summed E-state index contributed by atoms with van der Waals surface area (Å²) in [6.45, 7) is 11.0. The van der Waals surface area contributed by atoms with E-state index in [0.717, 1.165) is 11.1 Å². The van der Waals surface area contributed by atoms with E-state index in [9.17, 15) is 0 Å². The molecule has 0 N–H and O–H groups in total. The molecule has 0 atom stereocenters. The van der Waals surface area contributed by atoms with E-state index in [2.05, 4.69) is 31.6 Å². The Kier molecular flexibility index (Phi) is 3.67. The topological polar surface area (TPSA) is 22.4 Å². The van der Waals surface area contributed by atoms with E-state index in [1.807, 2.05) is 19.9 Å². The highest BCUT2D eigenvalue weighted by molar-refractivity contribution is 6.87. The van der Waals surface area contributed by atoms with Crippen molar-refractivity contribution in [2.45, 2.75) is 39.1 Å². The van der Waals surface area contributed by atoms with Crippen molar-refractivity contribution < 1.29 is 9.15 Å². The maximum Gasteiger partial charge on any atom is 0.134 e. The first-order valence-corrected chi connectivity index (χ1v) is 8.95. The van der Waals surface area contributed by atoms with E-state index in [0.29, 0.717) is 6.61 Å². The molecule has 1 heterocycles. The van der Waals surface area contributed by atoms with Gasteiger partial charge in [0.2, 0.25) is 0 Å². The second kappa shape index (κ2) is 4.48. The third-order valence-corrected chi connectivity index (χ3v) is 4.20. The van der Waals surface area contributed by atoms with Crippen molar-refractivity contribution in [3.05, 3.63) is 17.9 Å². The lowest BCUT2D eigenvalue weighted by Crippen LogP contribution is -2.36. The van der Waals surface area contributed by atoms with Crippen LogP contribution in [0.25, 0.3) is 0 Å². The van der Waals surface area contributed by atoms with Gasteiger partial charge in [0, 0.05) is 0 Å². The maximum atomic E-state index is 5.88. The Labute approximate surface area is 99.0 Å². The van der Waals surface area contributed by atoms with Crippen LogP contribution in [0.4, 0.5) is 0 Å². The molecule has 0 spiro atoms. The molecule has 0 saturated heterocycles. The predicted octanol–water partition coefficient (Wildman–Crippen LogP) is 2.71. The monoisotopic (exact) mass is 236 g/mol. The van der Waals surface area contributed by atoms with Gasteiger partial charge in [0.05, 0.1) is 5.38 Å². The summed E-state index contributed by atoms with van der Waals surface area (Å²) in [5.74, 6) is 3.32. The molecule has 0 aromatic carbocycles. The Morgan fingerprint density at radius 2 is 2.00 bits per heavy atom. The van der Waals surface area contributed by atoms with Gasteiger partial charge < -0.3 is 9.15 Å². The smallest absolute Gasteiger partial charge is 0.134 e. The van der Waals surface area contributed by atoms with E-state index in [-0.39, 0.29) is 0 Å². The molecule has 0 aliphatic carbocycles.